The Morgan fingerprint density at radius 3 is 2.67 bits per heavy atom. The minimum Gasteiger partial charge on any atom is -0.481 e. The largest absolute Gasteiger partial charge is 0.481 e. The lowest BCUT2D eigenvalue weighted by molar-refractivity contribution is -0.136. The molecular weight excluding hydrogens is 296 g/mol. The zero-order valence-electron chi connectivity index (χ0n) is 11.0. The van der Waals surface area contributed by atoms with Crippen LogP contribution in [0.3, 0.4) is 0 Å². The minimum atomic E-state index is -0.991. The summed E-state index contributed by atoms with van der Waals surface area (Å²) in [5, 5.41) is 19.4. The van der Waals surface area contributed by atoms with E-state index in [1.807, 2.05) is 12.1 Å². The van der Waals surface area contributed by atoms with E-state index in [9.17, 15) is 9.59 Å². The van der Waals surface area contributed by atoms with Crippen LogP contribution in [-0.2, 0) is 29.1 Å². The van der Waals surface area contributed by atoms with Crippen molar-refractivity contribution in [2.45, 2.75) is 19.5 Å². The van der Waals surface area contributed by atoms with Crippen LogP contribution in [0.4, 0.5) is 0 Å². The molecule has 0 aliphatic rings. The van der Waals surface area contributed by atoms with Crippen molar-refractivity contribution in [2.75, 3.05) is 0 Å². The van der Waals surface area contributed by atoms with Crippen molar-refractivity contribution >= 4 is 23.5 Å². The summed E-state index contributed by atoms with van der Waals surface area (Å²) in [5.41, 5.74) is 1.24. The van der Waals surface area contributed by atoms with Crippen molar-refractivity contribution in [3.8, 4) is 0 Å². The van der Waals surface area contributed by atoms with Crippen molar-refractivity contribution in [3.63, 3.8) is 0 Å². The fraction of sp³-hybridized carbons (Fsp3) is 0.231. The van der Waals surface area contributed by atoms with E-state index >= 15 is 0 Å². The molecule has 1 aromatic heterocycles. The number of carbonyl (C=O) groups is 2. The first-order valence-electron chi connectivity index (χ1n) is 6.15. The molecule has 8 heteroatoms. The molecule has 0 bridgehead atoms. The molecule has 0 spiro atoms. The summed E-state index contributed by atoms with van der Waals surface area (Å²) in [6.07, 6.45) is 1.22. The van der Waals surface area contributed by atoms with Gasteiger partial charge in [0, 0.05) is 17.8 Å². The smallest absolute Gasteiger partial charge is 0.309 e. The highest BCUT2D eigenvalue weighted by Crippen LogP contribution is 2.09. The molecule has 0 atom stereocenters. The Bertz CT molecular complexity index is 639. The molecule has 21 heavy (non-hydrogen) atoms. The van der Waals surface area contributed by atoms with Crippen molar-refractivity contribution in [3.05, 3.63) is 46.7 Å². The van der Waals surface area contributed by atoms with Crippen molar-refractivity contribution in [2.24, 2.45) is 0 Å². The van der Waals surface area contributed by atoms with E-state index in [2.05, 4.69) is 15.6 Å². The second kappa shape index (κ2) is 6.85. The van der Waals surface area contributed by atoms with Gasteiger partial charge in [-0.3, -0.25) is 9.59 Å². The van der Waals surface area contributed by atoms with Gasteiger partial charge in [-0.2, -0.15) is 0 Å². The fourth-order valence-corrected chi connectivity index (χ4v) is 1.78. The zero-order chi connectivity index (χ0) is 15.2. The maximum atomic E-state index is 11.7. The molecule has 0 saturated heterocycles. The first kappa shape index (κ1) is 15.0. The monoisotopic (exact) mass is 308 g/mol. The van der Waals surface area contributed by atoms with Crippen LogP contribution in [0, 0.1) is 0 Å². The molecule has 1 amide bonds. The molecule has 1 aromatic carbocycles. The predicted octanol–water partition coefficient (Wildman–Crippen LogP) is 0.875. The van der Waals surface area contributed by atoms with Crippen molar-refractivity contribution in [1.82, 2.24) is 20.3 Å². The Kier molecular flexibility index (Phi) is 4.89. The van der Waals surface area contributed by atoms with Crippen LogP contribution in [-0.4, -0.2) is 32.0 Å². The first-order valence-corrected chi connectivity index (χ1v) is 6.52. The van der Waals surface area contributed by atoms with Gasteiger partial charge in [0.05, 0.1) is 12.1 Å². The number of carboxylic acid groups (broad SMARTS) is 1. The van der Waals surface area contributed by atoms with Crippen molar-refractivity contribution in [1.29, 1.82) is 0 Å². The summed E-state index contributed by atoms with van der Waals surface area (Å²) in [6, 6.07) is 7.14. The zero-order valence-corrected chi connectivity index (χ0v) is 11.7. The van der Waals surface area contributed by atoms with Gasteiger partial charge in [-0.05, 0) is 17.7 Å². The van der Waals surface area contributed by atoms with Gasteiger partial charge in [0.2, 0.25) is 5.91 Å². The normalized spacial score (nSPS) is 10.3. The van der Waals surface area contributed by atoms with Gasteiger partial charge in [-0.25, -0.2) is 4.68 Å². The van der Waals surface area contributed by atoms with E-state index in [0.717, 1.165) is 5.56 Å². The summed E-state index contributed by atoms with van der Waals surface area (Å²) < 4.78 is 1.30. The molecule has 2 rings (SSSR count). The van der Waals surface area contributed by atoms with E-state index < -0.39 is 5.97 Å². The Balaban J connectivity index is 1.82. The highest BCUT2D eigenvalue weighted by atomic mass is 35.5. The van der Waals surface area contributed by atoms with Crippen LogP contribution in [0.5, 0.6) is 0 Å². The van der Waals surface area contributed by atoms with Gasteiger partial charge in [0.1, 0.15) is 6.54 Å². The molecule has 7 nitrogen and oxygen atoms in total. The quantitative estimate of drug-likeness (QED) is 0.825. The van der Waals surface area contributed by atoms with Crippen molar-refractivity contribution < 1.29 is 14.7 Å². The summed E-state index contributed by atoms with van der Waals surface area (Å²) in [7, 11) is 0. The van der Waals surface area contributed by atoms with E-state index in [1.54, 1.807) is 12.1 Å². The van der Waals surface area contributed by atoms with Gasteiger partial charge in [0.25, 0.3) is 0 Å². The number of nitrogens with zero attached hydrogens (tertiary/aromatic N) is 3. The number of carbonyl (C=O) groups excluding carboxylic acids is 1. The molecular formula is C13H13ClN4O3. The summed E-state index contributed by atoms with van der Waals surface area (Å²) in [4.78, 5) is 22.3. The lowest BCUT2D eigenvalue weighted by Gasteiger charge is -2.05. The maximum absolute atomic E-state index is 11.7. The summed E-state index contributed by atoms with van der Waals surface area (Å²) >= 11 is 5.77. The highest BCUT2D eigenvalue weighted by molar-refractivity contribution is 6.30. The number of hydrogen-bond acceptors (Lipinski definition) is 4. The Morgan fingerprint density at radius 1 is 1.29 bits per heavy atom. The van der Waals surface area contributed by atoms with Gasteiger partial charge < -0.3 is 10.4 Å². The van der Waals surface area contributed by atoms with Crippen LogP contribution in [0.25, 0.3) is 0 Å². The lowest BCUT2D eigenvalue weighted by Crippen LogP contribution is -2.27. The standard InChI is InChI=1S/C13H13ClN4O3/c14-10-3-1-9(2-4-10)6-15-12(19)8-18-7-11(16-17-18)5-13(20)21/h1-4,7H,5-6,8H2,(H,15,19)(H,20,21). The Morgan fingerprint density at radius 2 is 2.00 bits per heavy atom. The molecule has 2 N–H and O–H groups in total. The van der Waals surface area contributed by atoms with Crippen LogP contribution in [0.15, 0.2) is 30.5 Å². The molecule has 0 radical (unpaired) electrons. The second-order valence-electron chi connectivity index (χ2n) is 4.38. The van der Waals surface area contributed by atoms with E-state index in [0.29, 0.717) is 17.3 Å². The molecule has 110 valence electrons. The number of carboxylic acids is 1. The van der Waals surface area contributed by atoms with Crippen LogP contribution >= 0.6 is 11.6 Å². The molecule has 0 saturated carbocycles. The third-order valence-corrected chi connectivity index (χ3v) is 2.88. The molecule has 0 unspecified atom stereocenters. The topological polar surface area (TPSA) is 97.1 Å². The number of hydrogen-bond donors (Lipinski definition) is 2. The van der Waals surface area contributed by atoms with E-state index in [1.165, 1.54) is 10.9 Å². The molecule has 0 aliphatic heterocycles. The highest BCUT2D eigenvalue weighted by Gasteiger charge is 2.08. The Hall–Kier alpha value is -2.41. The lowest BCUT2D eigenvalue weighted by atomic mass is 10.2. The molecule has 0 aliphatic carbocycles. The van der Waals surface area contributed by atoms with E-state index in [4.69, 9.17) is 16.7 Å². The molecule has 2 aromatic rings. The molecule has 0 fully saturated rings. The molecule has 1 heterocycles. The fourth-order valence-electron chi connectivity index (χ4n) is 1.66. The van der Waals surface area contributed by atoms with Crippen LogP contribution < -0.4 is 5.32 Å². The average molecular weight is 309 g/mol. The van der Waals surface area contributed by atoms with Crippen LogP contribution in [0.2, 0.25) is 5.02 Å². The number of amides is 1. The summed E-state index contributed by atoms with van der Waals surface area (Å²) in [5.74, 6) is -1.23. The predicted molar refractivity (Wildman–Crippen MR) is 74.7 cm³/mol. The summed E-state index contributed by atoms with van der Waals surface area (Å²) in [6.45, 7) is 0.368. The number of halogens is 1. The van der Waals surface area contributed by atoms with Gasteiger partial charge >= 0.3 is 5.97 Å². The van der Waals surface area contributed by atoms with E-state index in [-0.39, 0.29) is 18.9 Å². The SMILES string of the molecule is O=C(O)Cc1cn(CC(=O)NCc2ccc(Cl)cc2)nn1. The number of aliphatic carboxylic acids is 1. The van der Waals surface area contributed by atoms with Gasteiger partial charge in [-0.15, -0.1) is 5.10 Å². The Labute approximate surface area is 125 Å². The number of rotatable bonds is 6. The second-order valence-corrected chi connectivity index (χ2v) is 4.82. The van der Waals surface area contributed by atoms with Gasteiger partial charge in [-0.1, -0.05) is 28.9 Å². The minimum absolute atomic E-state index is 0.0137. The number of nitrogens with one attached hydrogen (secondary N) is 1. The van der Waals surface area contributed by atoms with Crippen LogP contribution in [0.1, 0.15) is 11.3 Å². The number of benzene rings is 1. The third-order valence-electron chi connectivity index (χ3n) is 2.63. The maximum Gasteiger partial charge on any atom is 0.309 e. The first-order chi connectivity index (χ1) is 10.0. The number of aromatic nitrogens is 3. The average Bonchev–Trinajstić information content (AvgIpc) is 2.84. The van der Waals surface area contributed by atoms with Gasteiger partial charge in [0.15, 0.2) is 0 Å². The third kappa shape index (κ3) is 4.88.